The number of carbonyl (C=O) groups excluding carboxylic acids is 4. The summed E-state index contributed by atoms with van der Waals surface area (Å²) >= 11 is 0. The smallest absolute Gasteiger partial charge is 0.308 e. The molecule has 0 aliphatic heterocycles. The second-order valence-electron chi connectivity index (χ2n) is 30.9. The molecular formula is C73H132O9. The van der Waals surface area contributed by atoms with E-state index < -0.39 is 5.60 Å². The highest BCUT2D eigenvalue weighted by atomic mass is 16.6. The molecule has 0 aromatic rings. The molecule has 9 aliphatic rings. The molecule has 0 aromatic carbocycles. The Bertz CT molecular complexity index is 2040. The summed E-state index contributed by atoms with van der Waals surface area (Å²) in [6, 6.07) is 0. The number of methoxy groups -OCH3 is 1. The summed E-state index contributed by atoms with van der Waals surface area (Å²) in [5.41, 5.74) is 0.855. The number of esters is 4. The lowest BCUT2D eigenvalue weighted by molar-refractivity contribution is -0.167. The van der Waals surface area contributed by atoms with Crippen LogP contribution in [0, 0.1) is 105 Å². The Hall–Kier alpha value is -2.16. The van der Waals surface area contributed by atoms with Crippen LogP contribution in [0.1, 0.15) is 299 Å². The van der Waals surface area contributed by atoms with Crippen molar-refractivity contribution in [1.29, 1.82) is 0 Å². The van der Waals surface area contributed by atoms with Crippen LogP contribution in [0.3, 0.4) is 0 Å². The van der Waals surface area contributed by atoms with E-state index in [2.05, 4.69) is 62.3 Å². The van der Waals surface area contributed by atoms with Gasteiger partial charge in [0.1, 0.15) is 23.4 Å². The molecule has 15 unspecified atom stereocenters. The van der Waals surface area contributed by atoms with Gasteiger partial charge in [-0.3, -0.25) is 19.2 Å². The first-order valence-electron chi connectivity index (χ1n) is 33.2. The van der Waals surface area contributed by atoms with Crippen molar-refractivity contribution in [1.82, 2.24) is 0 Å². The second-order valence-corrected chi connectivity index (χ2v) is 30.9. The fourth-order valence-corrected chi connectivity index (χ4v) is 20.9. The number of hydrogen-bond acceptors (Lipinski definition) is 9. The lowest BCUT2D eigenvalue weighted by Crippen LogP contribution is -2.54. The molecular weight excluding hydrogens is 1020 g/mol. The minimum absolute atomic E-state index is 0. The molecule has 0 amide bonds. The van der Waals surface area contributed by atoms with E-state index in [0.29, 0.717) is 70.7 Å². The van der Waals surface area contributed by atoms with Gasteiger partial charge in [0.15, 0.2) is 0 Å². The molecule has 0 aromatic heterocycles. The van der Waals surface area contributed by atoms with E-state index >= 15 is 0 Å². The van der Waals surface area contributed by atoms with Gasteiger partial charge < -0.3 is 23.7 Å². The summed E-state index contributed by atoms with van der Waals surface area (Å²) in [4.78, 5) is 50.3. The van der Waals surface area contributed by atoms with Crippen LogP contribution in [-0.2, 0) is 42.9 Å². The SMILES string of the molecule is C.C.C.C.CCC(C)C(=O)OC1CC[C@@]2(C)C(CCC3C4CCC(C(C)CCC(=O)OC(C)(C)COC)[C@@]4(C)CCC32)C1.CCC(C)C(=O)O[C@H]1CC[C@@]2(C)C(CCC3C4CCC(C(C)CCC(=O)OC5(C)CCCC5)[C@@]4(C)CCC32)C1. The Morgan fingerprint density at radius 1 is 0.500 bits per heavy atom. The fraction of sp³-hybridized carbons (Fsp3) is 0.945. The third-order valence-corrected chi connectivity index (χ3v) is 25.9. The molecule has 0 radical (unpaired) electrons. The monoisotopic (exact) mass is 1150 g/mol. The van der Waals surface area contributed by atoms with Gasteiger partial charge in [-0.2, -0.15) is 0 Å². The fourth-order valence-electron chi connectivity index (χ4n) is 20.9. The van der Waals surface area contributed by atoms with E-state index in [4.69, 9.17) is 23.7 Å². The summed E-state index contributed by atoms with van der Waals surface area (Å²) in [5, 5.41) is 0. The van der Waals surface area contributed by atoms with Gasteiger partial charge in [-0.25, -0.2) is 0 Å². The molecule has 0 spiro atoms. The van der Waals surface area contributed by atoms with Crippen LogP contribution in [0.5, 0.6) is 0 Å². The number of carbonyl (C=O) groups is 4. The molecule has 0 bridgehead atoms. The van der Waals surface area contributed by atoms with Crippen molar-refractivity contribution in [3.05, 3.63) is 0 Å². The molecule has 9 saturated carbocycles. The summed E-state index contributed by atoms with van der Waals surface area (Å²) in [6.45, 7) is 29.7. The van der Waals surface area contributed by atoms with Gasteiger partial charge in [-0.15, -0.1) is 0 Å². The van der Waals surface area contributed by atoms with Gasteiger partial charge in [0.05, 0.1) is 18.4 Å². The van der Waals surface area contributed by atoms with Crippen LogP contribution in [0.15, 0.2) is 0 Å². The summed E-state index contributed by atoms with van der Waals surface area (Å²) in [5.74, 6) is 8.93. The van der Waals surface area contributed by atoms with Crippen molar-refractivity contribution in [2.24, 2.45) is 105 Å². The highest BCUT2D eigenvalue weighted by molar-refractivity contribution is 5.72. The van der Waals surface area contributed by atoms with Crippen LogP contribution >= 0.6 is 0 Å². The summed E-state index contributed by atoms with van der Waals surface area (Å²) < 4.78 is 28.9. The van der Waals surface area contributed by atoms with E-state index in [9.17, 15) is 19.2 Å². The van der Waals surface area contributed by atoms with Gasteiger partial charge in [0.2, 0.25) is 0 Å². The normalized spacial score (nSPS) is 39.0. The van der Waals surface area contributed by atoms with Crippen molar-refractivity contribution in [3.8, 4) is 0 Å². The van der Waals surface area contributed by atoms with Gasteiger partial charge in [-0.05, 0) is 280 Å². The van der Waals surface area contributed by atoms with Crippen LogP contribution in [0.4, 0.5) is 0 Å². The van der Waals surface area contributed by atoms with E-state index in [0.717, 1.165) is 106 Å². The van der Waals surface area contributed by atoms with Crippen LogP contribution in [-0.4, -0.2) is 61.0 Å². The molecule has 20 atom stereocenters. The van der Waals surface area contributed by atoms with E-state index in [-0.39, 0.29) is 83.2 Å². The quantitative estimate of drug-likeness (QED) is 0.0977. The number of rotatable bonds is 18. The minimum atomic E-state index is -0.568. The maximum atomic E-state index is 12.7. The lowest BCUT2D eigenvalue weighted by Gasteiger charge is -2.61. The van der Waals surface area contributed by atoms with Crippen molar-refractivity contribution < 1.29 is 42.9 Å². The standard InChI is InChI=1S/C35H58O4.C34H58O5.4CH4/c1-7-23(2)32(37)38-26-16-20-34(5)25(22-26)11-12-27-29-14-13-28(35(29,6)21-17-30(27)34)24(3)10-15-31(36)39-33(4)18-8-9-19-33;1-9-22(2)31(36)38-25-16-18-33(6)24(20-25)11-12-26-28-14-13-27(34(28,7)19-17-29(26)33)23(3)10-15-30(35)39-32(4,5)21-37-8;;;;/h23-30H,7-22H2,1-6H3;22-29H,9-21H2,1-8H3;4*1H4/t23?,24?,25?,26-,27?,28?,29?,30?,34-,35+;22?,23?,24?,25?,26?,27?,28?,29?,33-,34+;;;;/m00..../s1. The van der Waals surface area contributed by atoms with Crippen LogP contribution in [0.2, 0.25) is 0 Å². The zero-order valence-corrected chi connectivity index (χ0v) is 52.4. The third-order valence-electron chi connectivity index (χ3n) is 25.9. The number of ether oxygens (including phenoxy) is 5. The zero-order valence-electron chi connectivity index (χ0n) is 52.4. The molecule has 0 N–H and O–H groups in total. The molecule has 9 aliphatic carbocycles. The molecule has 9 fully saturated rings. The Labute approximate surface area is 505 Å². The Morgan fingerprint density at radius 3 is 1.29 bits per heavy atom. The average molecular weight is 1150 g/mol. The van der Waals surface area contributed by atoms with Gasteiger partial charge in [0.25, 0.3) is 0 Å². The third kappa shape index (κ3) is 15.0. The minimum Gasteiger partial charge on any atom is -0.462 e. The molecule has 82 heavy (non-hydrogen) atoms. The first-order valence-corrected chi connectivity index (χ1v) is 33.2. The predicted octanol–water partition coefficient (Wildman–Crippen LogP) is 19.4. The van der Waals surface area contributed by atoms with Gasteiger partial charge >= 0.3 is 23.9 Å². The Kier molecular flexibility index (Phi) is 25.8. The predicted molar refractivity (Wildman–Crippen MR) is 338 cm³/mol. The van der Waals surface area contributed by atoms with E-state index in [1.807, 2.05) is 27.7 Å². The van der Waals surface area contributed by atoms with E-state index in [1.54, 1.807) is 7.11 Å². The number of hydrogen-bond donors (Lipinski definition) is 0. The van der Waals surface area contributed by atoms with Gasteiger partial charge in [-0.1, -0.05) is 98.9 Å². The van der Waals surface area contributed by atoms with E-state index in [1.165, 1.54) is 103 Å². The topological polar surface area (TPSA) is 114 Å². The summed E-state index contributed by atoms with van der Waals surface area (Å²) in [6.07, 6.45) is 32.2. The first-order chi connectivity index (χ1) is 36.8. The lowest BCUT2D eigenvalue weighted by atomic mass is 9.44. The van der Waals surface area contributed by atoms with Gasteiger partial charge in [0, 0.05) is 20.0 Å². The average Bonchev–Trinajstić information content (AvgIpc) is 2.26. The molecule has 0 saturated heterocycles. The molecule has 9 rings (SSSR count). The highest BCUT2D eigenvalue weighted by Crippen LogP contribution is 2.70. The zero-order chi connectivity index (χ0) is 56.6. The number of fused-ring (bicyclic) bond motifs is 10. The largest absolute Gasteiger partial charge is 0.462 e. The van der Waals surface area contributed by atoms with Crippen molar-refractivity contribution >= 4 is 23.9 Å². The molecule has 478 valence electrons. The molecule has 9 nitrogen and oxygen atoms in total. The van der Waals surface area contributed by atoms with Crippen molar-refractivity contribution in [2.75, 3.05) is 13.7 Å². The Balaban J connectivity index is 0.000000336. The van der Waals surface area contributed by atoms with Crippen molar-refractivity contribution in [3.63, 3.8) is 0 Å². The highest BCUT2D eigenvalue weighted by Gasteiger charge is 2.63. The first kappa shape index (κ1) is 72.3. The maximum absolute atomic E-state index is 12.7. The maximum Gasteiger partial charge on any atom is 0.308 e. The van der Waals surface area contributed by atoms with Crippen molar-refractivity contribution in [2.45, 2.75) is 323 Å². The molecule has 0 heterocycles. The van der Waals surface area contributed by atoms with Crippen LogP contribution < -0.4 is 0 Å². The second kappa shape index (κ2) is 29.2. The summed E-state index contributed by atoms with van der Waals surface area (Å²) in [7, 11) is 1.65. The molecule has 9 heteroatoms. The Morgan fingerprint density at radius 2 is 0.890 bits per heavy atom. The van der Waals surface area contributed by atoms with Crippen LogP contribution in [0.25, 0.3) is 0 Å².